The van der Waals surface area contributed by atoms with Crippen molar-refractivity contribution in [3.05, 3.63) is 23.7 Å². The van der Waals surface area contributed by atoms with Crippen LogP contribution >= 0.6 is 0 Å². The molecule has 0 bridgehead atoms. The van der Waals surface area contributed by atoms with Crippen LogP contribution in [0.5, 0.6) is 0 Å². The first-order valence-corrected chi connectivity index (χ1v) is 7.70. The number of Topliss-reactive ketones (excluding diaryl/α,β-unsaturated/α-hetero) is 1. The predicted molar refractivity (Wildman–Crippen MR) is 81.4 cm³/mol. The number of carbonyl (C=O) groups excluding carboxylic acids is 1. The van der Waals surface area contributed by atoms with E-state index in [9.17, 15) is 20.1 Å². The van der Waals surface area contributed by atoms with Crippen LogP contribution < -0.4 is 0 Å². The van der Waals surface area contributed by atoms with E-state index in [1.807, 2.05) is 0 Å². The minimum absolute atomic E-state index is 0.0252. The molecule has 134 valence electrons. The number of rotatable bonds is 7. The van der Waals surface area contributed by atoms with E-state index in [1.165, 1.54) is 23.9 Å². The van der Waals surface area contributed by atoms with Crippen LogP contribution in [0, 0.1) is 5.92 Å². The fraction of sp³-hybridized carbons (Fsp3) is 0.667. The summed E-state index contributed by atoms with van der Waals surface area (Å²) in [6.07, 6.45) is -1.51. The molecule has 0 fully saturated rings. The second kappa shape index (κ2) is 7.84. The van der Waals surface area contributed by atoms with Crippen molar-refractivity contribution in [1.29, 1.82) is 0 Å². The van der Waals surface area contributed by atoms with Gasteiger partial charge in [-0.25, -0.2) is 4.68 Å². The molecule has 0 spiro atoms. The Bertz CT molecular complexity index is 602. The lowest BCUT2D eigenvalue weighted by Gasteiger charge is -2.38. The quantitative estimate of drug-likeness (QED) is 0.483. The summed E-state index contributed by atoms with van der Waals surface area (Å²) < 4.78 is 6.86. The number of aromatic nitrogens is 3. The van der Waals surface area contributed by atoms with Crippen molar-refractivity contribution in [2.45, 2.75) is 57.8 Å². The Hall–Kier alpha value is -1.81. The van der Waals surface area contributed by atoms with Crippen LogP contribution in [-0.4, -0.2) is 65.6 Å². The summed E-state index contributed by atoms with van der Waals surface area (Å²) in [7, 11) is 0. The Morgan fingerprint density at radius 1 is 1.46 bits per heavy atom. The van der Waals surface area contributed by atoms with Crippen LogP contribution in [0.1, 0.15) is 26.0 Å². The van der Waals surface area contributed by atoms with Crippen LogP contribution in [0.2, 0.25) is 0 Å². The smallest absolute Gasteiger partial charge is 0.133 e. The number of ketones is 1. The predicted octanol–water partition coefficient (Wildman–Crippen LogP) is -1.25. The fourth-order valence-electron chi connectivity index (χ4n) is 2.81. The number of hydrogen-bond donors (Lipinski definition) is 4. The lowest BCUT2D eigenvalue weighted by atomic mass is 9.84. The molecule has 24 heavy (non-hydrogen) atoms. The largest absolute Gasteiger partial charge is 0.492 e. The van der Waals surface area contributed by atoms with Gasteiger partial charge in [0.1, 0.15) is 29.8 Å². The zero-order valence-corrected chi connectivity index (χ0v) is 13.6. The Kier molecular flexibility index (Phi) is 6.05. The molecule has 0 aliphatic carbocycles. The highest BCUT2D eigenvalue weighted by Crippen LogP contribution is 2.30. The lowest BCUT2D eigenvalue weighted by molar-refractivity contribution is -0.134. The molecule has 9 nitrogen and oxygen atoms in total. The third kappa shape index (κ3) is 4.38. The summed E-state index contributed by atoms with van der Waals surface area (Å²) >= 11 is 0. The zero-order chi connectivity index (χ0) is 17.9. The topological polar surface area (TPSA) is 138 Å². The molecule has 2 rings (SSSR count). The molecule has 1 aliphatic rings. The molecule has 5 atom stereocenters. The second-order valence-electron chi connectivity index (χ2n) is 6.07. The van der Waals surface area contributed by atoms with E-state index in [-0.39, 0.29) is 25.4 Å². The van der Waals surface area contributed by atoms with Crippen molar-refractivity contribution in [3.63, 3.8) is 0 Å². The molecule has 0 saturated carbocycles. The molecule has 0 aromatic carbocycles. The molecule has 9 heteroatoms. The van der Waals surface area contributed by atoms with Gasteiger partial charge in [-0.1, -0.05) is 5.21 Å². The van der Waals surface area contributed by atoms with E-state index >= 15 is 0 Å². The molecule has 0 saturated heterocycles. The normalized spacial score (nSPS) is 26.4. The second-order valence-corrected chi connectivity index (χ2v) is 6.07. The summed E-state index contributed by atoms with van der Waals surface area (Å²) in [6.45, 7) is 2.68. The zero-order valence-electron chi connectivity index (χ0n) is 13.6. The number of hydrogen-bond acceptors (Lipinski definition) is 8. The third-order valence-corrected chi connectivity index (χ3v) is 3.96. The van der Waals surface area contributed by atoms with Crippen LogP contribution in [-0.2, 0) is 22.7 Å². The highest BCUT2D eigenvalue weighted by molar-refractivity contribution is 5.75. The first kappa shape index (κ1) is 18.5. The molecule has 4 N–H and O–H groups in total. The minimum Gasteiger partial charge on any atom is -0.492 e. The first-order valence-electron chi connectivity index (χ1n) is 7.70. The molecule has 0 radical (unpaired) electrons. The number of nitrogens with zero attached hydrogens (tertiary/aromatic N) is 3. The lowest BCUT2D eigenvalue weighted by Crippen LogP contribution is -2.50. The van der Waals surface area contributed by atoms with E-state index < -0.39 is 30.3 Å². The summed E-state index contributed by atoms with van der Waals surface area (Å²) in [5.74, 6) is -0.382. The average molecular weight is 341 g/mol. The van der Waals surface area contributed by atoms with Crippen LogP contribution in [0.25, 0.3) is 0 Å². The summed E-state index contributed by atoms with van der Waals surface area (Å²) in [5.41, 5.74) is 0.342. The molecule has 3 unspecified atom stereocenters. The highest BCUT2D eigenvalue weighted by atomic mass is 16.5. The number of allylic oxidation sites excluding steroid dienone is 1. The van der Waals surface area contributed by atoms with E-state index in [0.717, 1.165) is 0 Å². The maximum absolute atomic E-state index is 11.4. The van der Waals surface area contributed by atoms with Crippen LogP contribution in [0.3, 0.4) is 0 Å². The van der Waals surface area contributed by atoms with Gasteiger partial charge in [0.25, 0.3) is 0 Å². The van der Waals surface area contributed by atoms with Crippen molar-refractivity contribution in [2.75, 3.05) is 0 Å². The van der Waals surface area contributed by atoms with Gasteiger partial charge in [0.05, 0.1) is 31.2 Å². The van der Waals surface area contributed by atoms with Gasteiger partial charge in [-0.15, -0.1) is 5.10 Å². The average Bonchev–Trinajstić information content (AvgIpc) is 2.96. The SMILES string of the molecule is CC(=O)C[C@H]1C(C(O)C(O)Cn2cc(CO)nn2)OC(C)=C[C@H]1O. The van der Waals surface area contributed by atoms with E-state index in [4.69, 9.17) is 9.84 Å². The van der Waals surface area contributed by atoms with Crippen LogP contribution in [0.15, 0.2) is 18.0 Å². The molecular weight excluding hydrogens is 318 g/mol. The monoisotopic (exact) mass is 341 g/mol. The maximum Gasteiger partial charge on any atom is 0.133 e. The van der Waals surface area contributed by atoms with Crippen molar-refractivity contribution < 1.29 is 30.0 Å². The van der Waals surface area contributed by atoms with Gasteiger partial charge in [0, 0.05) is 12.3 Å². The summed E-state index contributed by atoms with van der Waals surface area (Å²) in [4.78, 5) is 11.4. The molecule has 1 aromatic rings. The van der Waals surface area contributed by atoms with E-state index in [2.05, 4.69) is 10.3 Å². The first-order chi connectivity index (χ1) is 11.3. The summed E-state index contributed by atoms with van der Waals surface area (Å²) in [6, 6.07) is 0. The Balaban J connectivity index is 2.10. The number of ether oxygens (including phenoxy) is 1. The minimum atomic E-state index is -1.34. The summed E-state index contributed by atoms with van der Waals surface area (Å²) in [5, 5.41) is 47.2. The standard InChI is InChI=1S/C15H23N3O6/c1-8(20)3-11-12(21)4-9(2)24-15(11)14(23)13(22)6-18-5-10(7-19)16-17-18/h4-5,11-15,19,21-23H,3,6-7H2,1-2H3/t11-,12-,13?,14?,15?/m1/s1. The van der Waals surface area contributed by atoms with Crippen molar-refractivity contribution >= 4 is 5.78 Å². The Labute approximate surface area is 139 Å². The van der Waals surface area contributed by atoms with Crippen molar-refractivity contribution in [2.24, 2.45) is 5.92 Å². The fourth-order valence-corrected chi connectivity index (χ4v) is 2.81. The van der Waals surface area contributed by atoms with Gasteiger partial charge in [-0.2, -0.15) is 0 Å². The van der Waals surface area contributed by atoms with Crippen molar-refractivity contribution in [1.82, 2.24) is 15.0 Å². The Morgan fingerprint density at radius 3 is 2.75 bits per heavy atom. The molecular formula is C15H23N3O6. The molecule has 0 amide bonds. The van der Waals surface area contributed by atoms with Gasteiger partial charge < -0.3 is 30.0 Å². The number of aliphatic hydroxyl groups is 4. The maximum atomic E-state index is 11.4. The van der Waals surface area contributed by atoms with Gasteiger partial charge in [-0.3, -0.25) is 0 Å². The van der Waals surface area contributed by atoms with E-state index in [1.54, 1.807) is 6.92 Å². The molecule has 2 heterocycles. The number of aliphatic hydroxyl groups excluding tert-OH is 4. The van der Waals surface area contributed by atoms with Crippen LogP contribution in [0.4, 0.5) is 0 Å². The Morgan fingerprint density at radius 2 is 2.17 bits per heavy atom. The number of carbonyl (C=O) groups is 1. The van der Waals surface area contributed by atoms with Gasteiger partial charge in [0.15, 0.2) is 0 Å². The van der Waals surface area contributed by atoms with Crippen molar-refractivity contribution in [3.8, 4) is 0 Å². The molecule has 1 aliphatic heterocycles. The molecule has 1 aromatic heterocycles. The van der Waals surface area contributed by atoms with Gasteiger partial charge >= 0.3 is 0 Å². The highest BCUT2D eigenvalue weighted by Gasteiger charge is 2.41. The van der Waals surface area contributed by atoms with Gasteiger partial charge in [-0.05, 0) is 19.9 Å². The third-order valence-electron chi connectivity index (χ3n) is 3.96. The van der Waals surface area contributed by atoms with Gasteiger partial charge in [0.2, 0.25) is 0 Å². The van der Waals surface area contributed by atoms with E-state index in [0.29, 0.717) is 11.5 Å².